The number of thiophene rings is 1. The van der Waals surface area contributed by atoms with Crippen molar-refractivity contribution < 1.29 is 14.7 Å². The van der Waals surface area contributed by atoms with E-state index in [1.165, 1.54) is 24.2 Å². The Kier molecular flexibility index (Phi) is 4.15. The van der Waals surface area contributed by atoms with Gasteiger partial charge in [0.1, 0.15) is 4.88 Å². The van der Waals surface area contributed by atoms with Gasteiger partial charge in [0, 0.05) is 11.4 Å². The molecule has 0 bridgehead atoms. The fraction of sp³-hybridized carbons (Fsp3) is 0.583. The van der Waals surface area contributed by atoms with Crippen LogP contribution in [-0.4, -0.2) is 17.2 Å². The minimum Gasteiger partial charge on any atom is -0.477 e. The van der Waals surface area contributed by atoms with Crippen LogP contribution in [0.1, 0.15) is 45.8 Å². The topological polar surface area (TPSA) is 58.6 Å². The molecular formula is C12H17NO3S. The molecule has 5 heteroatoms. The van der Waals surface area contributed by atoms with E-state index in [9.17, 15) is 4.79 Å². The van der Waals surface area contributed by atoms with E-state index in [2.05, 4.69) is 5.48 Å². The van der Waals surface area contributed by atoms with Crippen molar-refractivity contribution in [3.05, 3.63) is 21.4 Å². The molecule has 1 aromatic heterocycles. The third kappa shape index (κ3) is 3.28. The Balaban J connectivity index is 1.83. The molecule has 0 radical (unpaired) electrons. The number of aromatic carboxylic acids is 1. The summed E-state index contributed by atoms with van der Waals surface area (Å²) in [6, 6.07) is 1.72. The molecular weight excluding hydrogens is 238 g/mol. The van der Waals surface area contributed by atoms with Gasteiger partial charge in [0.15, 0.2) is 0 Å². The van der Waals surface area contributed by atoms with Crippen LogP contribution in [0.15, 0.2) is 6.07 Å². The zero-order valence-electron chi connectivity index (χ0n) is 9.86. The average Bonchev–Trinajstić information content (AvgIpc) is 2.89. The van der Waals surface area contributed by atoms with Crippen molar-refractivity contribution in [3.63, 3.8) is 0 Å². The Morgan fingerprint density at radius 2 is 2.29 bits per heavy atom. The predicted octanol–water partition coefficient (Wildman–Crippen LogP) is 2.72. The van der Waals surface area contributed by atoms with E-state index < -0.39 is 5.97 Å². The second-order valence-corrected chi connectivity index (χ2v) is 5.60. The van der Waals surface area contributed by atoms with Gasteiger partial charge in [0.2, 0.25) is 0 Å². The largest absolute Gasteiger partial charge is 0.477 e. The molecule has 0 spiro atoms. The fourth-order valence-electron chi connectivity index (χ4n) is 2.04. The Labute approximate surface area is 105 Å². The third-order valence-corrected chi connectivity index (χ3v) is 4.13. The SMILES string of the molecule is Cc1sc(C(=O)O)cc1CNOC1CCCC1. The summed E-state index contributed by atoms with van der Waals surface area (Å²) >= 11 is 1.31. The van der Waals surface area contributed by atoms with Crippen LogP contribution in [0.3, 0.4) is 0 Å². The summed E-state index contributed by atoms with van der Waals surface area (Å²) < 4.78 is 0. The second kappa shape index (κ2) is 5.62. The van der Waals surface area contributed by atoms with Crippen molar-refractivity contribution in [1.29, 1.82) is 0 Å². The highest BCUT2D eigenvalue weighted by molar-refractivity contribution is 7.14. The number of carboxylic acid groups (broad SMARTS) is 1. The smallest absolute Gasteiger partial charge is 0.345 e. The maximum Gasteiger partial charge on any atom is 0.345 e. The summed E-state index contributed by atoms with van der Waals surface area (Å²) in [6.07, 6.45) is 5.05. The predicted molar refractivity (Wildman–Crippen MR) is 66.2 cm³/mol. The number of hydrogen-bond donors (Lipinski definition) is 2. The zero-order valence-corrected chi connectivity index (χ0v) is 10.7. The molecule has 0 amide bonds. The van der Waals surface area contributed by atoms with Crippen LogP contribution in [0.4, 0.5) is 0 Å². The molecule has 94 valence electrons. The second-order valence-electron chi connectivity index (χ2n) is 4.34. The van der Waals surface area contributed by atoms with E-state index in [0.717, 1.165) is 23.3 Å². The molecule has 1 aliphatic carbocycles. The normalized spacial score (nSPS) is 16.5. The molecule has 1 aliphatic rings. The lowest BCUT2D eigenvalue weighted by Gasteiger charge is -2.11. The van der Waals surface area contributed by atoms with Gasteiger partial charge in [-0.3, -0.25) is 4.84 Å². The van der Waals surface area contributed by atoms with Crippen molar-refractivity contribution >= 4 is 17.3 Å². The molecule has 2 rings (SSSR count). The Hall–Kier alpha value is -0.910. The summed E-state index contributed by atoms with van der Waals surface area (Å²) in [4.78, 5) is 17.8. The van der Waals surface area contributed by atoms with Crippen LogP contribution in [0.2, 0.25) is 0 Å². The lowest BCUT2D eigenvalue weighted by Crippen LogP contribution is -2.21. The van der Waals surface area contributed by atoms with Crippen molar-refractivity contribution in [2.75, 3.05) is 0 Å². The van der Waals surface area contributed by atoms with Gasteiger partial charge in [0.25, 0.3) is 0 Å². The van der Waals surface area contributed by atoms with Crippen LogP contribution in [0.25, 0.3) is 0 Å². The van der Waals surface area contributed by atoms with Gasteiger partial charge in [-0.2, -0.15) is 5.48 Å². The van der Waals surface area contributed by atoms with Crippen LogP contribution in [0.5, 0.6) is 0 Å². The number of carboxylic acids is 1. The van der Waals surface area contributed by atoms with Gasteiger partial charge in [-0.05, 0) is 31.4 Å². The molecule has 17 heavy (non-hydrogen) atoms. The minimum absolute atomic E-state index is 0.327. The summed E-state index contributed by atoms with van der Waals surface area (Å²) in [5, 5.41) is 8.88. The lowest BCUT2D eigenvalue weighted by molar-refractivity contribution is -0.0244. The average molecular weight is 255 g/mol. The van der Waals surface area contributed by atoms with Crippen LogP contribution in [0, 0.1) is 6.92 Å². The molecule has 2 N–H and O–H groups in total. The van der Waals surface area contributed by atoms with Gasteiger partial charge in [-0.15, -0.1) is 11.3 Å². The summed E-state index contributed by atoms with van der Waals surface area (Å²) in [6.45, 7) is 2.51. The van der Waals surface area contributed by atoms with E-state index >= 15 is 0 Å². The van der Waals surface area contributed by atoms with Gasteiger partial charge >= 0.3 is 5.97 Å². The fourth-order valence-corrected chi connectivity index (χ4v) is 2.92. The van der Waals surface area contributed by atoms with E-state index in [1.54, 1.807) is 6.07 Å². The molecule has 1 saturated carbocycles. The van der Waals surface area contributed by atoms with E-state index in [-0.39, 0.29) is 0 Å². The standard InChI is InChI=1S/C12H17NO3S/c1-8-9(6-11(17-8)12(14)15)7-13-16-10-4-2-3-5-10/h6,10,13H,2-5,7H2,1H3,(H,14,15). The molecule has 4 nitrogen and oxygen atoms in total. The highest BCUT2D eigenvalue weighted by Gasteiger charge is 2.16. The van der Waals surface area contributed by atoms with Crippen molar-refractivity contribution in [2.24, 2.45) is 0 Å². The summed E-state index contributed by atoms with van der Waals surface area (Å²) in [7, 11) is 0. The van der Waals surface area contributed by atoms with Gasteiger partial charge < -0.3 is 5.11 Å². The van der Waals surface area contributed by atoms with Crippen molar-refractivity contribution in [1.82, 2.24) is 5.48 Å². The Morgan fingerprint density at radius 1 is 1.59 bits per heavy atom. The number of aryl methyl sites for hydroxylation is 1. The van der Waals surface area contributed by atoms with E-state index in [4.69, 9.17) is 9.94 Å². The third-order valence-electron chi connectivity index (χ3n) is 3.05. The van der Waals surface area contributed by atoms with Gasteiger partial charge in [0.05, 0.1) is 6.10 Å². The molecule has 0 atom stereocenters. The molecule has 1 aromatic rings. The highest BCUT2D eigenvalue weighted by Crippen LogP contribution is 2.22. The number of hydroxylamine groups is 1. The highest BCUT2D eigenvalue weighted by atomic mass is 32.1. The monoisotopic (exact) mass is 255 g/mol. The minimum atomic E-state index is -0.860. The van der Waals surface area contributed by atoms with E-state index in [0.29, 0.717) is 17.5 Å². The van der Waals surface area contributed by atoms with E-state index in [1.807, 2.05) is 6.92 Å². The first kappa shape index (κ1) is 12.5. The summed E-state index contributed by atoms with van der Waals surface area (Å²) in [5.74, 6) is -0.860. The molecule has 0 aromatic carbocycles. The number of rotatable bonds is 5. The van der Waals surface area contributed by atoms with Crippen LogP contribution >= 0.6 is 11.3 Å². The van der Waals surface area contributed by atoms with Crippen LogP contribution in [-0.2, 0) is 11.4 Å². The molecule has 0 unspecified atom stereocenters. The maximum atomic E-state index is 10.8. The Bertz CT molecular complexity index is 396. The first-order valence-electron chi connectivity index (χ1n) is 5.88. The number of nitrogens with one attached hydrogen (secondary N) is 1. The van der Waals surface area contributed by atoms with Gasteiger partial charge in [-0.25, -0.2) is 4.79 Å². The first-order valence-corrected chi connectivity index (χ1v) is 6.69. The molecule has 0 aliphatic heterocycles. The molecule has 0 saturated heterocycles. The zero-order chi connectivity index (χ0) is 12.3. The maximum absolute atomic E-state index is 10.8. The lowest BCUT2D eigenvalue weighted by atomic mass is 10.2. The van der Waals surface area contributed by atoms with Gasteiger partial charge in [-0.1, -0.05) is 12.8 Å². The Morgan fingerprint density at radius 3 is 2.88 bits per heavy atom. The number of hydrogen-bond acceptors (Lipinski definition) is 4. The first-order chi connectivity index (χ1) is 8.16. The number of carbonyl (C=O) groups is 1. The molecule has 1 heterocycles. The van der Waals surface area contributed by atoms with Crippen molar-refractivity contribution in [2.45, 2.75) is 45.3 Å². The quantitative estimate of drug-likeness (QED) is 0.794. The molecule has 1 fully saturated rings. The summed E-state index contributed by atoms with van der Waals surface area (Å²) in [5.41, 5.74) is 3.96. The van der Waals surface area contributed by atoms with Crippen LogP contribution < -0.4 is 5.48 Å². The van der Waals surface area contributed by atoms with Crippen molar-refractivity contribution in [3.8, 4) is 0 Å².